The van der Waals surface area contributed by atoms with Crippen molar-refractivity contribution in [1.29, 1.82) is 5.26 Å². The van der Waals surface area contributed by atoms with E-state index in [4.69, 9.17) is 5.26 Å². The first-order chi connectivity index (χ1) is 7.66. The quantitative estimate of drug-likeness (QED) is 0.816. The molecule has 1 heterocycles. The summed E-state index contributed by atoms with van der Waals surface area (Å²) < 4.78 is 1.61. The molecule has 0 spiro atoms. The first-order valence-electron chi connectivity index (χ1n) is 5.38. The van der Waals surface area contributed by atoms with Crippen LogP contribution in [0.3, 0.4) is 0 Å². The number of amides is 1. The summed E-state index contributed by atoms with van der Waals surface area (Å²) in [5, 5.41) is 15.9. The summed E-state index contributed by atoms with van der Waals surface area (Å²) in [6, 6.07) is 2.16. The Hall–Kier alpha value is -1.83. The fourth-order valence-corrected chi connectivity index (χ4v) is 2.10. The molecule has 5 heteroatoms. The molecule has 1 aromatic rings. The van der Waals surface area contributed by atoms with Gasteiger partial charge in [-0.25, -0.2) is 0 Å². The molecule has 0 bridgehead atoms. The molecule has 0 radical (unpaired) electrons. The Morgan fingerprint density at radius 3 is 2.81 bits per heavy atom. The molecule has 1 aliphatic carbocycles. The monoisotopic (exact) mass is 218 g/mol. The third-order valence-electron chi connectivity index (χ3n) is 3.07. The minimum absolute atomic E-state index is 0.194. The highest BCUT2D eigenvalue weighted by atomic mass is 16.2. The van der Waals surface area contributed by atoms with Crippen molar-refractivity contribution in [1.82, 2.24) is 9.78 Å². The number of nitrogens with one attached hydrogen (secondary N) is 1. The van der Waals surface area contributed by atoms with Gasteiger partial charge in [0.15, 0.2) is 0 Å². The number of nitrogens with zero attached hydrogens (tertiary/aromatic N) is 3. The van der Waals surface area contributed by atoms with Gasteiger partial charge in [-0.3, -0.25) is 9.48 Å². The van der Waals surface area contributed by atoms with Crippen molar-refractivity contribution in [2.75, 3.05) is 5.32 Å². The molecule has 2 rings (SSSR count). The highest BCUT2D eigenvalue weighted by Gasteiger charge is 2.41. The van der Waals surface area contributed by atoms with E-state index >= 15 is 0 Å². The van der Waals surface area contributed by atoms with Crippen LogP contribution in [0.25, 0.3) is 0 Å². The number of hydrogen-bond donors (Lipinski definition) is 1. The Kier molecular flexibility index (Phi) is 2.65. The highest BCUT2D eigenvalue weighted by molar-refractivity contribution is 5.97. The van der Waals surface area contributed by atoms with Gasteiger partial charge in [0.1, 0.15) is 5.41 Å². The third kappa shape index (κ3) is 1.78. The highest BCUT2D eigenvalue weighted by Crippen LogP contribution is 2.38. The van der Waals surface area contributed by atoms with E-state index in [9.17, 15) is 4.79 Å². The van der Waals surface area contributed by atoms with Crippen LogP contribution in [0.2, 0.25) is 0 Å². The maximum absolute atomic E-state index is 12.0. The number of aryl methyl sites for hydroxylation is 1. The van der Waals surface area contributed by atoms with Gasteiger partial charge in [-0.05, 0) is 12.8 Å². The molecule has 0 saturated heterocycles. The Bertz CT molecular complexity index is 437. The Labute approximate surface area is 94.1 Å². The fraction of sp³-hybridized carbons (Fsp3) is 0.545. The molecule has 1 aliphatic rings. The first kappa shape index (κ1) is 10.7. The van der Waals surface area contributed by atoms with Crippen LogP contribution >= 0.6 is 0 Å². The molecule has 5 nitrogen and oxygen atoms in total. The second-order valence-corrected chi connectivity index (χ2v) is 4.26. The standard InChI is InChI=1S/C11H14N4O/c1-15-7-9(6-13-15)14-10(16)11(8-12)4-2-3-5-11/h6-7H,2-5H2,1H3,(H,14,16). The molecule has 0 atom stereocenters. The summed E-state index contributed by atoms with van der Waals surface area (Å²) >= 11 is 0. The number of aromatic nitrogens is 2. The van der Waals surface area contributed by atoms with Gasteiger partial charge in [-0.15, -0.1) is 0 Å². The first-order valence-corrected chi connectivity index (χ1v) is 5.38. The molecule has 0 unspecified atom stereocenters. The van der Waals surface area contributed by atoms with E-state index in [2.05, 4.69) is 16.5 Å². The summed E-state index contributed by atoms with van der Waals surface area (Å²) in [7, 11) is 1.78. The molecular weight excluding hydrogens is 204 g/mol. The number of nitriles is 1. The summed E-state index contributed by atoms with van der Waals surface area (Å²) in [5.41, 5.74) is -0.176. The Morgan fingerprint density at radius 2 is 2.31 bits per heavy atom. The van der Waals surface area contributed by atoms with E-state index in [-0.39, 0.29) is 5.91 Å². The van der Waals surface area contributed by atoms with Crippen LogP contribution in [0.4, 0.5) is 5.69 Å². The number of carbonyl (C=O) groups is 1. The predicted molar refractivity (Wildman–Crippen MR) is 58.4 cm³/mol. The van der Waals surface area contributed by atoms with E-state index in [1.54, 1.807) is 24.1 Å². The lowest BCUT2D eigenvalue weighted by Gasteiger charge is -2.18. The molecule has 0 aliphatic heterocycles. The lowest BCUT2D eigenvalue weighted by Crippen LogP contribution is -2.32. The third-order valence-corrected chi connectivity index (χ3v) is 3.07. The molecule has 1 N–H and O–H groups in total. The van der Waals surface area contributed by atoms with E-state index in [0.29, 0.717) is 18.5 Å². The summed E-state index contributed by atoms with van der Waals surface area (Å²) in [5.74, 6) is -0.194. The van der Waals surface area contributed by atoms with Crippen molar-refractivity contribution in [3.63, 3.8) is 0 Å². The average Bonchev–Trinajstić information content (AvgIpc) is 2.88. The second kappa shape index (κ2) is 3.97. The number of anilines is 1. The van der Waals surface area contributed by atoms with Gasteiger partial charge >= 0.3 is 0 Å². The molecule has 1 amide bonds. The smallest absolute Gasteiger partial charge is 0.244 e. The van der Waals surface area contributed by atoms with Gasteiger partial charge < -0.3 is 5.32 Å². The van der Waals surface area contributed by atoms with Crippen molar-refractivity contribution in [3.05, 3.63) is 12.4 Å². The van der Waals surface area contributed by atoms with Gasteiger partial charge in [-0.2, -0.15) is 10.4 Å². The van der Waals surface area contributed by atoms with Crippen LogP contribution in [0, 0.1) is 16.7 Å². The van der Waals surface area contributed by atoms with Crippen molar-refractivity contribution < 1.29 is 4.79 Å². The predicted octanol–water partition coefficient (Wildman–Crippen LogP) is 1.44. The minimum atomic E-state index is -0.824. The Balaban J connectivity index is 2.11. The van der Waals surface area contributed by atoms with Crippen molar-refractivity contribution in [2.45, 2.75) is 25.7 Å². The van der Waals surface area contributed by atoms with Crippen LogP contribution in [0.1, 0.15) is 25.7 Å². The zero-order chi connectivity index (χ0) is 11.6. The molecule has 16 heavy (non-hydrogen) atoms. The number of carbonyl (C=O) groups excluding carboxylic acids is 1. The average molecular weight is 218 g/mol. The lowest BCUT2D eigenvalue weighted by molar-refractivity contribution is -0.122. The van der Waals surface area contributed by atoms with Gasteiger partial charge in [0.2, 0.25) is 5.91 Å². The maximum atomic E-state index is 12.0. The molecule has 84 valence electrons. The molecule has 1 fully saturated rings. The van der Waals surface area contributed by atoms with E-state index in [0.717, 1.165) is 12.8 Å². The van der Waals surface area contributed by atoms with Crippen LogP contribution in [0.5, 0.6) is 0 Å². The largest absolute Gasteiger partial charge is 0.322 e. The Morgan fingerprint density at radius 1 is 1.62 bits per heavy atom. The van der Waals surface area contributed by atoms with E-state index < -0.39 is 5.41 Å². The van der Waals surface area contributed by atoms with Crippen LogP contribution in [-0.4, -0.2) is 15.7 Å². The topological polar surface area (TPSA) is 70.7 Å². The van der Waals surface area contributed by atoms with Crippen molar-refractivity contribution >= 4 is 11.6 Å². The van der Waals surface area contributed by atoms with E-state index in [1.807, 2.05) is 0 Å². The number of hydrogen-bond acceptors (Lipinski definition) is 3. The normalized spacial score (nSPS) is 18.0. The van der Waals surface area contributed by atoms with Crippen molar-refractivity contribution in [3.8, 4) is 6.07 Å². The minimum Gasteiger partial charge on any atom is -0.322 e. The summed E-state index contributed by atoms with van der Waals surface area (Å²) in [4.78, 5) is 12.0. The molecular formula is C11H14N4O. The van der Waals surface area contributed by atoms with E-state index in [1.165, 1.54) is 0 Å². The van der Waals surface area contributed by atoms with Crippen LogP contribution < -0.4 is 5.32 Å². The molecule has 1 saturated carbocycles. The molecule has 0 aromatic carbocycles. The van der Waals surface area contributed by atoms with Crippen LogP contribution in [0.15, 0.2) is 12.4 Å². The zero-order valence-corrected chi connectivity index (χ0v) is 9.23. The van der Waals surface area contributed by atoms with Crippen LogP contribution in [-0.2, 0) is 11.8 Å². The zero-order valence-electron chi connectivity index (χ0n) is 9.23. The van der Waals surface area contributed by atoms with Gasteiger partial charge in [-0.1, -0.05) is 12.8 Å². The maximum Gasteiger partial charge on any atom is 0.244 e. The fourth-order valence-electron chi connectivity index (χ4n) is 2.10. The van der Waals surface area contributed by atoms with Crippen molar-refractivity contribution in [2.24, 2.45) is 12.5 Å². The number of rotatable bonds is 2. The van der Waals surface area contributed by atoms with Gasteiger partial charge in [0.05, 0.1) is 18.0 Å². The SMILES string of the molecule is Cn1cc(NC(=O)C2(C#N)CCCC2)cn1. The second-order valence-electron chi connectivity index (χ2n) is 4.26. The van der Waals surface area contributed by atoms with Gasteiger partial charge in [0, 0.05) is 13.2 Å². The summed E-state index contributed by atoms with van der Waals surface area (Å²) in [6.07, 6.45) is 6.53. The lowest BCUT2D eigenvalue weighted by atomic mass is 9.87. The molecule has 1 aromatic heterocycles. The van der Waals surface area contributed by atoms with Gasteiger partial charge in [0.25, 0.3) is 0 Å². The summed E-state index contributed by atoms with van der Waals surface area (Å²) in [6.45, 7) is 0.